The number of carbonyl (C=O) groups excluding carboxylic acids is 1. The number of likely N-dealkylation sites (tertiary alicyclic amines) is 1. The molecule has 0 aromatic heterocycles. The van der Waals surface area contributed by atoms with Crippen LogP contribution in [0, 0.1) is 29.6 Å². The largest absolute Gasteiger partial charge is 0.390 e. The second-order valence-electron chi connectivity index (χ2n) is 6.49. The number of carbonyl (C=O) groups is 1. The van der Waals surface area contributed by atoms with Crippen molar-refractivity contribution in [2.24, 2.45) is 29.6 Å². The Bertz CT molecular complexity index is 409. The minimum Gasteiger partial charge on any atom is -0.390 e. The maximum absolute atomic E-state index is 12.4. The Morgan fingerprint density at radius 2 is 2.18 bits per heavy atom. The van der Waals surface area contributed by atoms with E-state index in [2.05, 4.69) is 13.8 Å². The molecule has 0 aromatic carbocycles. The second kappa shape index (κ2) is 2.69. The molecular weight excluding hydrogens is 218 g/mol. The van der Waals surface area contributed by atoms with Crippen LogP contribution in [0.25, 0.3) is 0 Å². The topological polar surface area (TPSA) is 49.8 Å². The smallest absolute Gasteiger partial charge is 0.228 e. The lowest BCUT2D eigenvalue weighted by molar-refractivity contribution is -0.186. The zero-order valence-corrected chi connectivity index (χ0v) is 10.5. The Balaban J connectivity index is 1.91. The van der Waals surface area contributed by atoms with Crippen LogP contribution in [-0.2, 0) is 9.53 Å². The minimum atomic E-state index is -0.441. The fourth-order valence-electron chi connectivity index (χ4n) is 5.29. The van der Waals surface area contributed by atoms with Crippen molar-refractivity contribution in [1.82, 2.24) is 4.90 Å². The van der Waals surface area contributed by atoms with Crippen LogP contribution in [-0.4, -0.2) is 40.9 Å². The van der Waals surface area contributed by atoms with Crippen molar-refractivity contribution in [3.63, 3.8) is 0 Å². The third-order valence-electron chi connectivity index (χ3n) is 5.82. The molecule has 4 rings (SSSR count). The van der Waals surface area contributed by atoms with Crippen LogP contribution in [0.5, 0.6) is 0 Å². The fourth-order valence-corrected chi connectivity index (χ4v) is 5.29. The van der Waals surface area contributed by atoms with Gasteiger partial charge in [0, 0.05) is 18.9 Å². The summed E-state index contributed by atoms with van der Waals surface area (Å²) < 4.78 is 6.23. The van der Waals surface area contributed by atoms with Crippen molar-refractivity contribution < 1.29 is 14.6 Å². The molecule has 0 spiro atoms. The highest BCUT2D eigenvalue weighted by Gasteiger charge is 2.78. The summed E-state index contributed by atoms with van der Waals surface area (Å²) in [5.41, 5.74) is -0.441. The number of nitrogens with zero attached hydrogens (tertiary/aromatic N) is 1. The average molecular weight is 237 g/mol. The van der Waals surface area contributed by atoms with E-state index in [1.165, 1.54) is 0 Å². The SMILES string of the molecule is CC(C)[C@]12O[C@@H]3[C@H](O)[C@H]4C[C@H]3[C@H]1[C@H]4C(=O)N2C. The molecule has 2 saturated heterocycles. The highest BCUT2D eigenvalue weighted by atomic mass is 16.6. The van der Waals surface area contributed by atoms with Gasteiger partial charge in [0.2, 0.25) is 5.91 Å². The number of rotatable bonds is 1. The molecule has 0 unspecified atom stereocenters. The first-order chi connectivity index (χ1) is 8.00. The molecule has 4 heteroatoms. The molecule has 4 aliphatic rings. The van der Waals surface area contributed by atoms with Crippen LogP contribution < -0.4 is 0 Å². The van der Waals surface area contributed by atoms with Gasteiger partial charge in [0.25, 0.3) is 0 Å². The number of amides is 1. The molecule has 0 radical (unpaired) electrons. The third kappa shape index (κ3) is 0.809. The number of aliphatic hydroxyl groups excluding tert-OH is 1. The molecule has 94 valence electrons. The fraction of sp³-hybridized carbons (Fsp3) is 0.923. The van der Waals surface area contributed by atoms with E-state index >= 15 is 0 Å². The first-order valence-electron chi connectivity index (χ1n) is 6.63. The van der Waals surface area contributed by atoms with Gasteiger partial charge in [-0.25, -0.2) is 0 Å². The lowest BCUT2D eigenvalue weighted by Crippen LogP contribution is -2.52. The van der Waals surface area contributed by atoms with Crippen molar-refractivity contribution in [2.45, 2.75) is 38.2 Å². The maximum Gasteiger partial charge on any atom is 0.228 e. The van der Waals surface area contributed by atoms with E-state index < -0.39 is 11.8 Å². The van der Waals surface area contributed by atoms with Gasteiger partial charge < -0.3 is 14.7 Å². The van der Waals surface area contributed by atoms with Crippen LogP contribution >= 0.6 is 0 Å². The van der Waals surface area contributed by atoms with Crippen molar-refractivity contribution in [1.29, 1.82) is 0 Å². The zero-order chi connectivity index (χ0) is 12.1. The molecule has 2 heterocycles. The first kappa shape index (κ1) is 10.3. The molecule has 1 N–H and O–H groups in total. The summed E-state index contributed by atoms with van der Waals surface area (Å²) in [5.74, 6) is 1.35. The first-order valence-corrected chi connectivity index (χ1v) is 6.63. The Kier molecular flexibility index (Phi) is 1.64. The summed E-state index contributed by atoms with van der Waals surface area (Å²) in [4.78, 5) is 14.2. The highest BCUT2D eigenvalue weighted by Crippen LogP contribution is 2.68. The van der Waals surface area contributed by atoms with Gasteiger partial charge in [-0.3, -0.25) is 4.79 Å². The number of ether oxygens (including phenoxy) is 1. The quantitative estimate of drug-likeness (QED) is 0.720. The third-order valence-corrected chi connectivity index (χ3v) is 5.82. The van der Waals surface area contributed by atoms with Crippen LogP contribution in [0.3, 0.4) is 0 Å². The van der Waals surface area contributed by atoms with E-state index in [9.17, 15) is 9.90 Å². The van der Waals surface area contributed by atoms with Gasteiger partial charge in [-0.1, -0.05) is 13.8 Å². The van der Waals surface area contributed by atoms with E-state index in [-0.39, 0.29) is 29.8 Å². The van der Waals surface area contributed by atoms with E-state index in [0.717, 1.165) is 6.42 Å². The normalized spacial score (nSPS) is 58.9. The van der Waals surface area contributed by atoms with Crippen molar-refractivity contribution in [3.05, 3.63) is 0 Å². The van der Waals surface area contributed by atoms with Gasteiger partial charge in [0.1, 0.15) is 5.72 Å². The van der Waals surface area contributed by atoms with Crippen LogP contribution in [0.15, 0.2) is 0 Å². The van der Waals surface area contributed by atoms with Crippen molar-refractivity contribution >= 4 is 5.91 Å². The van der Waals surface area contributed by atoms with Crippen molar-refractivity contribution in [2.75, 3.05) is 7.05 Å². The van der Waals surface area contributed by atoms with Gasteiger partial charge in [-0.05, 0) is 18.3 Å². The van der Waals surface area contributed by atoms with E-state index in [4.69, 9.17) is 4.74 Å². The standard InChI is InChI=1S/C13H19NO3/c1-5(2)13-9-7-4-6(10(15)11(7)17-13)8(9)12(16)14(13)3/h5-11,15H,4H2,1-3H3/t6-,7-,8-,9-,10+,11-,13-/m0/s1. The zero-order valence-electron chi connectivity index (χ0n) is 10.5. The molecule has 4 fully saturated rings. The van der Waals surface area contributed by atoms with Gasteiger partial charge in [-0.2, -0.15) is 0 Å². The summed E-state index contributed by atoms with van der Waals surface area (Å²) in [7, 11) is 1.87. The molecular formula is C13H19NO3. The number of aliphatic hydroxyl groups is 1. The van der Waals surface area contributed by atoms with Crippen LogP contribution in [0.1, 0.15) is 20.3 Å². The van der Waals surface area contributed by atoms with Gasteiger partial charge in [0.15, 0.2) is 0 Å². The highest BCUT2D eigenvalue weighted by molar-refractivity contribution is 5.84. The molecule has 2 bridgehead atoms. The molecule has 4 nitrogen and oxygen atoms in total. The van der Waals surface area contributed by atoms with E-state index in [1.54, 1.807) is 0 Å². The minimum absolute atomic E-state index is 0.0150. The summed E-state index contributed by atoms with van der Waals surface area (Å²) in [6.07, 6.45) is 0.536. The van der Waals surface area contributed by atoms with Crippen LogP contribution in [0.2, 0.25) is 0 Å². The number of hydrogen-bond donors (Lipinski definition) is 1. The molecule has 2 saturated carbocycles. The van der Waals surface area contributed by atoms with E-state index in [0.29, 0.717) is 11.8 Å². The monoisotopic (exact) mass is 237 g/mol. The van der Waals surface area contributed by atoms with Gasteiger partial charge in [-0.15, -0.1) is 0 Å². The van der Waals surface area contributed by atoms with Crippen molar-refractivity contribution in [3.8, 4) is 0 Å². The Labute approximate surface area is 101 Å². The summed E-state index contributed by atoms with van der Waals surface area (Å²) in [6.45, 7) is 4.24. The summed E-state index contributed by atoms with van der Waals surface area (Å²) >= 11 is 0. The number of fused-ring (bicyclic) bond motifs is 2. The second-order valence-corrected chi connectivity index (χ2v) is 6.49. The molecule has 17 heavy (non-hydrogen) atoms. The molecule has 2 aliphatic heterocycles. The summed E-state index contributed by atoms with van der Waals surface area (Å²) in [5, 5.41) is 10.2. The Morgan fingerprint density at radius 3 is 2.82 bits per heavy atom. The molecule has 1 amide bonds. The van der Waals surface area contributed by atoms with E-state index in [1.807, 2.05) is 11.9 Å². The Hall–Kier alpha value is -0.610. The molecule has 2 aliphatic carbocycles. The van der Waals surface area contributed by atoms with Crippen LogP contribution in [0.4, 0.5) is 0 Å². The maximum atomic E-state index is 12.4. The lowest BCUT2D eigenvalue weighted by Gasteiger charge is -2.39. The Morgan fingerprint density at radius 1 is 1.47 bits per heavy atom. The molecule has 0 aromatic rings. The predicted molar refractivity (Wildman–Crippen MR) is 59.8 cm³/mol. The lowest BCUT2D eigenvalue weighted by atomic mass is 9.74. The number of hydrogen-bond acceptors (Lipinski definition) is 3. The van der Waals surface area contributed by atoms with Gasteiger partial charge >= 0.3 is 0 Å². The predicted octanol–water partition coefficient (Wildman–Crippen LogP) is 0.452. The average Bonchev–Trinajstić information content (AvgIpc) is 2.90. The molecule has 7 atom stereocenters. The summed E-state index contributed by atoms with van der Waals surface area (Å²) in [6, 6.07) is 0. The van der Waals surface area contributed by atoms with Gasteiger partial charge in [0.05, 0.1) is 18.1 Å².